The highest BCUT2D eigenvalue weighted by atomic mass is 16.5. The number of rotatable bonds is 7. The summed E-state index contributed by atoms with van der Waals surface area (Å²) in [4.78, 5) is 34.4. The van der Waals surface area contributed by atoms with E-state index in [2.05, 4.69) is 35.6 Å². The molecule has 0 aliphatic carbocycles. The number of aliphatic hydroxyl groups excluding tert-OH is 2. The highest BCUT2D eigenvalue weighted by Gasteiger charge is 2.46. The zero-order chi connectivity index (χ0) is 27.9. The van der Waals surface area contributed by atoms with Crippen molar-refractivity contribution in [1.29, 1.82) is 0 Å². The quantitative estimate of drug-likeness (QED) is 0.201. The molecule has 41 heavy (non-hydrogen) atoms. The fourth-order valence-corrected chi connectivity index (χ4v) is 5.28. The number of H-pyrrole nitrogens is 1. The molecule has 5 N–H and O–H groups in total. The zero-order valence-corrected chi connectivity index (χ0v) is 21.7. The van der Waals surface area contributed by atoms with Gasteiger partial charge in [0, 0.05) is 5.56 Å². The van der Waals surface area contributed by atoms with Crippen molar-refractivity contribution < 1.29 is 19.7 Å². The molecule has 1 saturated heterocycles. The van der Waals surface area contributed by atoms with Gasteiger partial charge in [-0.2, -0.15) is 0 Å². The minimum atomic E-state index is -1.17. The van der Waals surface area contributed by atoms with Gasteiger partial charge in [0.25, 0.3) is 5.91 Å². The molecule has 1 aliphatic rings. The van der Waals surface area contributed by atoms with Gasteiger partial charge in [-0.25, -0.2) is 19.9 Å². The van der Waals surface area contributed by atoms with Crippen molar-refractivity contribution in [2.75, 3.05) is 11.9 Å². The summed E-state index contributed by atoms with van der Waals surface area (Å²) in [6.07, 6.45) is -0.0298. The Balaban J connectivity index is 1.16. The number of nitrogens with one attached hydrogen (secondary N) is 3. The molecule has 6 aromatic rings. The van der Waals surface area contributed by atoms with Crippen LogP contribution in [0.1, 0.15) is 22.4 Å². The summed E-state index contributed by atoms with van der Waals surface area (Å²) >= 11 is 0. The third-order valence-corrected chi connectivity index (χ3v) is 7.35. The Hall–Kier alpha value is -4.91. The maximum atomic E-state index is 13.3. The van der Waals surface area contributed by atoms with Gasteiger partial charge >= 0.3 is 0 Å². The van der Waals surface area contributed by atoms with Crippen LogP contribution in [-0.4, -0.2) is 70.5 Å². The second-order valence-electron chi connectivity index (χ2n) is 9.90. The monoisotopic (exact) mass is 550 g/mol. The van der Waals surface area contributed by atoms with E-state index in [9.17, 15) is 15.0 Å². The highest BCUT2D eigenvalue weighted by molar-refractivity contribution is 5.98. The van der Waals surface area contributed by atoms with E-state index in [1.54, 1.807) is 16.7 Å². The number of amides is 1. The Bertz CT molecular complexity index is 1850. The fraction of sp³-hybridized carbons (Fsp3) is 0.207. The molecule has 7 rings (SSSR count). The number of carbonyl (C=O) groups is 1. The van der Waals surface area contributed by atoms with Crippen LogP contribution in [0, 0.1) is 0 Å². The van der Waals surface area contributed by atoms with Crippen LogP contribution in [0.2, 0.25) is 0 Å². The largest absolute Gasteiger partial charge is 0.394 e. The molecular formula is C29H26N8O4. The zero-order valence-electron chi connectivity index (χ0n) is 21.7. The first kappa shape index (κ1) is 25.1. The fourth-order valence-electron chi connectivity index (χ4n) is 5.28. The predicted molar refractivity (Wildman–Crippen MR) is 151 cm³/mol. The molecule has 3 aromatic carbocycles. The Labute approximate surface area is 233 Å². The lowest BCUT2D eigenvalue weighted by Gasteiger charge is -2.23. The topological polar surface area (TPSA) is 163 Å². The van der Waals surface area contributed by atoms with E-state index in [1.165, 1.54) is 12.7 Å². The Morgan fingerprint density at radius 1 is 1.02 bits per heavy atom. The molecule has 12 nitrogen and oxygen atoms in total. The van der Waals surface area contributed by atoms with Crippen molar-refractivity contribution in [2.24, 2.45) is 0 Å². The van der Waals surface area contributed by atoms with E-state index in [0.717, 1.165) is 27.6 Å². The third-order valence-electron chi connectivity index (χ3n) is 7.35. The number of imidazole rings is 2. The van der Waals surface area contributed by atoms with Crippen LogP contribution in [0.3, 0.4) is 0 Å². The molecular weight excluding hydrogens is 524 g/mol. The average Bonchev–Trinajstić information content (AvgIpc) is 3.71. The standard InChI is InChI=1S/C29H26N8O4/c38-13-21-25(39)23(36-28(40)18-10-9-16-5-1-2-6-17(16)11-18)29(41-21)37-15-33-24-26(31-14-32-27(24)37)30-12-22-34-19-7-3-4-8-20(19)35-22/h1-11,14-15,21,23,25,29,38-39H,12-13H2,(H,34,35)(H,36,40)(H,30,31,32)/t21-,23-,25-,29-/m1/s1. The molecule has 1 aliphatic heterocycles. The first-order valence-corrected chi connectivity index (χ1v) is 13.2. The lowest BCUT2D eigenvalue weighted by molar-refractivity contribution is -0.0440. The first-order valence-electron chi connectivity index (χ1n) is 13.2. The van der Waals surface area contributed by atoms with Crippen LogP contribution in [0.15, 0.2) is 79.4 Å². The SMILES string of the molecule is O=C(N[C@@H]1[C@H](O)[C@@H](CO)O[C@H]1n1cnc2c(NCc3nc4ccccc4[nH]3)ncnc21)c1ccc2ccccc2c1. The van der Waals surface area contributed by atoms with Crippen molar-refractivity contribution in [3.63, 3.8) is 0 Å². The van der Waals surface area contributed by atoms with E-state index < -0.39 is 31.1 Å². The molecule has 1 amide bonds. The number of hydrogen-bond acceptors (Lipinski definition) is 9. The number of nitrogens with zero attached hydrogens (tertiary/aromatic N) is 5. The molecule has 0 unspecified atom stereocenters. The lowest BCUT2D eigenvalue weighted by atomic mass is 10.0. The van der Waals surface area contributed by atoms with Gasteiger partial charge in [0.15, 0.2) is 23.2 Å². The maximum absolute atomic E-state index is 13.3. The summed E-state index contributed by atoms with van der Waals surface area (Å²) in [5, 5.41) is 29.0. The summed E-state index contributed by atoms with van der Waals surface area (Å²) in [6, 6.07) is 20.0. The number of aromatic amines is 1. The number of carbonyl (C=O) groups excluding carboxylic acids is 1. The number of fused-ring (bicyclic) bond motifs is 3. The molecule has 0 radical (unpaired) electrons. The molecule has 4 atom stereocenters. The number of para-hydroxylation sites is 2. The highest BCUT2D eigenvalue weighted by Crippen LogP contribution is 2.33. The van der Waals surface area contributed by atoms with Crippen LogP contribution in [0.25, 0.3) is 33.0 Å². The van der Waals surface area contributed by atoms with Gasteiger partial charge in [0.1, 0.15) is 30.4 Å². The summed E-state index contributed by atoms with van der Waals surface area (Å²) in [6.45, 7) is -0.0464. The lowest BCUT2D eigenvalue weighted by Crippen LogP contribution is -2.46. The normalized spacial score (nSPS) is 20.6. The van der Waals surface area contributed by atoms with E-state index in [-0.39, 0.29) is 5.91 Å². The molecule has 1 fully saturated rings. The van der Waals surface area contributed by atoms with Gasteiger partial charge in [-0.05, 0) is 35.0 Å². The van der Waals surface area contributed by atoms with Gasteiger partial charge < -0.3 is 30.6 Å². The van der Waals surface area contributed by atoms with Crippen LogP contribution < -0.4 is 10.6 Å². The smallest absolute Gasteiger partial charge is 0.251 e. The van der Waals surface area contributed by atoms with Crippen molar-refractivity contribution in [3.8, 4) is 0 Å². The second kappa shape index (κ2) is 10.2. The van der Waals surface area contributed by atoms with Gasteiger partial charge in [-0.15, -0.1) is 0 Å². The minimum Gasteiger partial charge on any atom is -0.394 e. The van der Waals surface area contributed by atoms with E-state index >= 15 is 0 Å². The van der Waals surface area contributed by atoms with Gasteiger partial charge in [0.2, 0.25) is 0 Å². The molecule has 206 valence electrons. The number of benzene rings is 3. The summed E-state index contributed by atoms with van der Waals surface area (Å²) in [5.41, 5.74) is 3.17. The van der Waals surface area contributed by atoms with Crippen LogP contribution in [0.5, 0.6) is 0 Å². The van der Waals surface area contributed by atoms with Crippen molar-refractivity contribution in [3.05, 3.63) is 90.8 Å². The van der Waals surface area contributed by atoms with Crippen LogP contribution in [0.4, 0.5) is 5.82 Å². The Morgan fingerprint density at radius 3 is 2.71 bits per heavy atom. The summed E-state index contributed by atoms with van der Waals surface area (Å²) in [5.74, 6) is 0.851. The molecule has 0 spiro atoms. The summed E-state index contributed by atoms with van der Waals surface area (Å²) < 4.78 is 7.64. The predicted octanol–water partition coefficient (Wildman–Crippen LogP) is 2.52. The number of anilines is 1. The van der Waals surface area contributed by atoms with Gasteiger partial charge in [-0.3, -0.25) is 9.36 Å². The maximum Gasteiger partial charge on any atom is 0.251 e. The number of aliphatic hydroxyl groups is 2. The van der Waals surface area contributed by atoms with Gasteiger partial charge in [0.05, 0.1) is 30.5 Å². The Kier molecular flexibility index (Phi) is 6.27. The van der Waals surface area contributed by atoms with Gasteiger partial charge in [-0.1, -0.05) is 42.5 Å². The third kappa shape index (κ3) is 4.53. The first-order chi connectivity index (χ1) is 20.1. The van der Waals surface area contributed by atoms with E-state index in [4.69, 9.17) is 4.74 Å². The molecule has 4 heterocycles. The Morgan fingerprint density at radius 2 is 1.85 bits per heavy atom. The van der Waals surface area contributed by atoms with Crippen LogP contribution >= 0.6 is 0 Å². The number of aromatic nitrogens is 6. The van der Waals surface area contributed by atoms with Crippen molar-refractivity contribution >= 4 is 44.7 Å². The minimum absolute atomic E-state index is 0.376. The van der Waals surface area contributed by atoms with Crippen LogP contribution in [-0.2, 0) is 11.3 Å². The van der Waals surface area contributed by atoms with Crippen molar-refractivity contribution in [2.45, 2.75) is 31.0 Å². The number of hydrogen-bond donors (Lipinski definition) is 5. The molecule has 3 aromatic heterocycles. The molecule has 12 heteroatoms. The van der Waals surface area contributed by atoms with E-state index in [1.807, 2.05) is 54.6 Å². The van der Waals surface area contributed by atoms with E-state index in [0.29, 0.717) is 29.1 Å². The molecule has 0 bridgehead atoms. The average molecular weight is 551 g/mol. The number of ether oxygens (including phenoxy) is 1. The second-order valence-corrected chi connectivity index (χ2v) is 9.90. The van der Waals surface area contributed by atoms with Crippen molar-refractivity contribution in [1.82, 2.24) is 34.8 Å². The molecule has 0 saturated carbocycles. The summed E-state index contributed by atoms with van der Waals surface area (Å²) in [7, 11) is 0.